The fourth-order valence-electron chi connectivity index (χ4n) is 3.82. The summed E-state index contributed by atoms with van der Waals surface area (Å²) in [6.45, 7) is 6.74. The normalized spacial score (nSPS) is 13.6. The molecule has 1 fully saturated rings. The summed E-state index contributed by atoms with van der Waals surface area (Å²) >= 11 is 0. The second-order valence-electron chi connectivity index (χ2n) is 7.77. The van der Waals surface area contributed by atoms with E-state index < -0.39 is 0 Å². The van der Waals surface area contributed by atoms with E-state index in [-0.39, 0.29) is 11.9 Å². The minimum atomic E-state index is -0.230. The van der Waals surface area contributed by atoms with Crippen molar-refractivity contribution in [3.63, 3.8) is 0 Å². The lowest BCUT2D eigenvalue weighted by molar-refractivity contribution is 0.0793. The Morgan fingerprint density at radius 1 is 1.10 bits per heavy atom. The van der Waals surface area contributed by atoms with Gasteiger partial charge in [-0.3, -0.25) is 4.79 Å². The highest BCUT2D eigenvalue weighted by Crippen LogP contribution is 2.19. The zero-order valence-corrected chi connectivity index (χ0v) is 17.4. The SMILES string of the molecule is Cc1cccc(NC(=O)NCCn2cnc3cc(C(=O)N4CCCC4)ccc32)c1C. The number of amides is 3. The van der Waals surface area contributed by atoms with E-state index in [1.165, 1.54) is 0 Å². The van der Waals surface area contributed by atoms with Gasteiger partial charge in [-0.1, -0.05) is 12.1 Å². The average Bonchev–Trinajstić information content (AvgIpc) is 3.41. The summed E-state index contributed by atoms with van der Waals surface area (Å²) in [7, 11) is 0. The number of rotatable bonds is 5. The molecule has 2 heterocycles. The predicted octanol–water partition coefficient (Wildman–Crippen LogP) is 3.71. The van der Waals surface area contributed by atoms with Crippen LogP contribution in [0.1, 0.15) is 34.3 Å². The van der Waals surface area contributed by atoms with Crippen LogP contribution in [0.15, 0.2) is 42.7 Å². The number of carbonyl (C=O) groups is 2. The second-order valence-corrected chi connectivity index (χ2v) is 7.77. The number of nitrogens with one attached hydrogen (secondary N) is 2. The Bertz CT molecular complexity index is 1080. The number of urea groups is 1. The maximum Gasteiger partial charge on any atom is 0.319 e. The van der Waals surface area contributed by atoms with Gasteiger partial charge in [0.2, 0.25) is 0 Å². The Morgan fingerprint density at radius 2 is 1.90 bits per heavy atom. The summed E-state index contributed by atoms with van der Waals surface area (Å²) < 4.78 is 1.98. The van der Waals surface area contributed by atoms with Crippen molar-refractivity contribution in [1.29, 1.82) is 0 Å². The molecular weight excluding hydrogens is 378 g/mol. The van der Waals surface area contributed by atoms with Crippen molar-refractivity contribution < 1.29 is 9.59 Å². The molecule has 1 saturated heterocycles. The molecule has 30 heavy (non-hydrogen) atoms. The van der Waals surface area contributed by atoms with Gasteiger partial charge in [-0.25, -0.2) is 9.78 Å². The van der Waals surface area contributed by atoms with Crippen LogP contribution in [0.2, 0.25) is 0 Å². The van der Waals surface area contributed by atoms with Gasteiger partial charge in [0.05, 0.1) is 17.4 Å². The molecule has 0 atom stereocenters. The first-order chi connectivity index (χ1) is 14.5. The fraction of sp³-hybridized carbons (Fsp3) is 0.348. The fourth-order valence-corrected chi connectivity index (χ4v) is 3.82. The number of aromatic nitrogens is 2. The van der Waals surface area contributed by atoms with Gasteiger partial charge in [0.1, 0.15) is 0 Å². The highest BCUT2D eigenvalue weighted by molar-refractivity contribution is 5.97. The molecule has 1 aromatic heterocycles. The Kier molecular flexibility index (Phi) is 5.70. The van der Waals surface area contributed by atoms with Gasteiger partial charge in [0.25, 0.3) is 5.91 Å². The number of hydrogen-bond donors (Lipinski definition) is 2. The predicted molar refractivity (Wildman–Crippen MR) is 118 cm³/mol. The Balaban J connectivity index is 1.35. The summed E-state index contributed by atoms with van der Waals surface area (Å²) in [5.74, 6) is 0.0775. The number of likely N-dealkylation sites (tertiary alicyclic amines) is 1. The van der Waals surface area contributed by atoms with Gasteiger partial charge < -0.3 is 20.1 Å². The summed E-state index contributed by atoms with van der Waals surface area (Å²) in [5.41, 5.74) is 5.44. The third kappa shape index (κ3) is 4.15. The number of benzene rings is 2. The van der Waals surface area contributed by atoms with Crippen molar-refractivity contribution in [2.45, 2.75) is 33.2 Å². The molecule has 1 aliphatic heterocycles. The molecule has 7 nitrogen and oxygen atoms in total. The molecular formula is C23H27N5O2. The zero-order valence-electron chi connectivity index (χ0n) is 17.4. The lowest BCUT2D eigenvalue weighted by Gasteiger charge is -2.15. The number of imidazole rings is 1. The zero-order chi connectivity index (χ0) is 21.1. The van der Waals surface area contributed by atoms with Gasteiger partial charge >= 0.3 is 6.03 Å². The molecule has 1 aliphatic rings. The second kappa shape index (κ2) is 8.57. The molecule has 7 heteroatoms. The van der Waals surface area contributed by atoms with Crippen molar-refractivity contribution in [2.24, 2.45) is 0 Å². The lowest BCUT2D eigenvalue weighted by atomic mass is 10.1. The van der Waals surface area contributed by atoms with Crippen LogP contribution in [0, 0.1) is 13.8 Å². The molecule has 0 saturated carbocycles. The summed E-state index contributed by atoms with van der Waals surface area (Å²) in [6, 6.07) is 11.3. The lowest BCUT2D eigenvalue weighted by Crippen LogP contribution is -2.31. The first-order valence-electron chi connectivity index (χ1n) is 10.4. The quantitative estimate of drug-likeness (QED) is 0.679. The molecule has 0 bridgehead atoms. The van der Waals surface area contributed by atoms with E-state index >= 15 is 0 Å². The smallest absolute Gasteiger partial charge is 0.319 e. The van der Waals surface area contributed by atoms with Crippen LogP contribution >= 0.6 is 0 Å². The maximum atomic E-state index is 12.6. The topological polar surface area (TPSA) is 79.3 Å². The maximum absolute atomic E-state index is 12.6. The Morgan fingerprint density at radius 3 is 2.70 bits per heavy atom. The first kappa shape index (κ1) is 19.9. The number of fused-ring (bicyclic) bond motifs is 1. The number of hydrogen-bond acceptors (Lipinski definition) is 3. The molecule has 4 rings (SSSR count). The van der Waals surface area contributed by atoms with E-state index in [4.69, 9.17) is 0 Å². The molecule has 3 amide bonds. The van der Waals surface area contributed by atoms with Crippen molar-refractivity contribution >= 4 is 28.7 Å². The van der Waals surface area contributed by atoms with Gasteiger partial charge in [0, 0.05) is 37.4 Å². The van der Waals surface area contributed by atoms with Crippen molar-refractivity contribution in [2.75, 3.05) is 25.0 Å². The summed E-state index contributed by atoms with van der Waals surface area (Å²) in [4.78, 5) is 31.1. The Labute approximate surface area is 176 Å². The third-order valence-electron chi connectivity index (χ3n) is 5.75. The number of carbonyl (C=O) groups excluding carboxylic acids is 2. The largest absolute Gasteiger partial charge is 0.339 e. The van der Waals surface area contributed by atoms with E-state index in [0.717, 1.165) is 53.8 Å². The number of aryl methyl sites for hydroxylation is 1. The van der Waals surface area contributed by atoms with E-state index in [0.29, 0.717) is 18.7 Å². The van der Waals surface area contributed by atoms with Gasteiger partial charge in [-0.2, -0.15) is 0 Å². The molecule has 0 radical (unpaired) electrons. The molecule has 156 valence electrons. The molecule has 0 aliphatic carbocycles. The highest BCUT2D eigenvalue weighted by Gasteiger charge is 2.20. The van der Waals surface area contributed by atoms with Crippen LogP contribution in [0.4, 0.5) is 10.5 Å². The number of anilines is 1. The minimum Gasteiger partial charge on any atom is -0.339 e. The third-order valence-corrected chi connectivity index (χ3v) is 5.75. The van der Waals surface area contributed by atoms with Crippen LogP contribution in [-0.2, 0) is 6.54 Å². The standard InChI is InChI=1S/C23H27N5O2/c1-16-6-5-7-19(17(16)2)26-23(30)24-10-13-28-15-25-20-14-18(8-9-21(20)28)22(29)27-11-3-4-12-27/h5-9,14-15H,3-4,10-13H2,1-2H3,(H2,24,26,30). The summed E-state index contributed by atoms with van der Waals surface area (Å²) in [5, 5.41) is 5.79. The molecule has 0 unspecified atom stereocenters. The molecule has 3 aromatic rings. The van der Waals surface area contributed by atoms with E-state index in [2.05, 4.69) is 15.6 Å². The van der Waals surface area contributed by atoms with E-state index in [1.54, 1.807) is 6.33 Å². The van der Waals surface area contributed by atoms with Crippen LogP contribution < -0.4 is 10.6 Å². The number of nitrogens with zero attached hydrogens (tertiary/aromatic N) is 3. The van der Waals surface area contributed by atoms with Crippen molar-refractivity contribution in [1.82, 2.24) is 19.8 Å². The highest BCUT2D eigenvalue weighted by atomic mass is 16.2. The minimum absolute atomic E-state index is 0.0775. The average molecular weight is 406 g/mol. The molecule has 2 N–H and O–H groups in total. The van der Waals surface area contributed by atoms with Crippen molar-refractivity contribution in [3.8, 4) is 0 Å². The van der Waals surface area contributed by atoms with Gasteiger partial charge in [-0.05, 0) is 62.1 Å². The van der Waals surface area contributed by atoms with Crippen molar-refractivity contribution in [3.05, 3.63) is 59.4 Å². The van der Waals surface area contributed by atoms with Crippen LogP contribution in [0.5, 0.6) is 0 Å². The van der Waals surface area contributed by atoms with E-state index in [9.17, 15) is 9.59 Å². The van der Waals surface area contributed by atoms with Crippen LogP contribution in [0.3, 0.4) is 0 Å². The summed E-state index contributed by atoms with van der Waals surface area (Å²) in [6.07, 6.45) is 3.90. The van der Waals surface area contributed by atoms with Crippen LogP contribution in [0.25, 0.3) is 11.0 Å². The Hall–Kier alpha value is -3.35. The van der Waals surface area contributed by atoms with Gasteiger partial charge in [0.15, 0.2) is 0 Å². The molecule has 0 spiro atoms. The van der Waals surface area contributed by atoms with E-state index in [1.807, 2.05) is 59.7 Å². The van der Waals surface area contributed by atoms with Gasteiger partial charge in [-0.15, -0.1) is 0 Å². The molecule has 2 aromatic carbocycles. The van der Waals surface area contributed by atoms with Crippen LogP contribution in [-0.4, -0.2) is 46.0 Å². The monoisotopic (exact) mass is 405 g/mol. The first-order valence-corrected chi connectivity index (χ1v) is 10.4.